The summed E-state index contributed by atoms with van der Waals surface area (Å²) >= 11 is 0. The van der Waals surface area contributed by atoms with E-state index in [4.69, 9.17) is 0 Å². The highest BCUT2D eigenvalue weighted by molar-refractivity contribution is 6.10. The number of rotatable bonds is 3. The van der Waals surface area contributed by atoms with Gasteiger partial charge >= 0.3 is 0 Å². The maximum atomic E-state index is 11.3. The first-order valence-electron chi connectivity index (χ1n) is 6.65. The van der Waals surface area contributed by atoms with E-state index in [2.05, 4.69) is 17.4 Å². The maximum absolute atomic E-state index is 11.3. The van der Waals surface area contributed by atoms with E-state index >= 15 is 0 Å². The van der Waals surface area contributed by atoms with Crippen LogP contribution in [0, 0.1) is 10.1 Å². The molecule has 0 spiro atoms. The lowest BCUT2D eigenvalue weighted by molar-refractivity contribution is -0.383. The van der Waals surface area contributed by atoms with Gasteiger partial charge in [0.2, 0.25) is 0 Å². The molecule has 2 aromatic rings. The van der Waals surface area contributed by atoms with Gasteiger partial charge in [0.15, 0.2) is 0 Å². The number of aryl methyl sites for hydroxylation is 2. The third-order valence-corrected chi connectivity index (χ3v) is 4.00. The Morgan fingerprint density at radius 1 is 1.20 bits per heavy atom. The highest BCUT2D eigenvalue weighted by Gasteiger charge is 2.26. The molecule has 0 atom stereocenters. The van der Waals surface area contributed by atoms with Crippen molar-refractivity contribution in [3.05, 3.63) is 39.4 Å². The average Bonchev–Trinajstić information content (AvgIpc) is 2.82. The molecule has 0 unspecified atom stereocenters. The van der Waals surface area contributed by atoms with Crippen LogP contribution in [0.5, 0.6) is 0 Å². The monoisotopic (exact) mass is 271 g/mol. The smallest absolute Gasteiger partial charge is 0.293 e. The molecule has 20 heavy (non-hydrogen) atoms. The summed E-state index contributed by atoms with van der Waals surface area (Å²) in [7, 11) is 5.67. The van der Waals surface area contributed by atoms with Gasteiger partial charge in [-0.05, 0) is 35.4 Å². The minimum atomic E-state index is -0.299. The standard InChI is InChI=1S/C15H17N3O2/c1-16-15-12(18(19)20)8-10-5-4-9-6-7-11(17(2)3)14(15)13(9)10/h6-8,16H,4-5H2,1-3H3. The van der Waals surface area contributed by atoms with Crippen LogP contribution < -0.4 is 10.2 Å². The SMILES string of the molecule is CNc1c([N+](=O)[O-])cc2c3c(ccc(N(C)C)c13)CC2. The zero-order valence-corrected chi connectivity index (χ0v) is 11.9. The molecule has 3 rings (SSSR count). The zero-order valence-electron chi connectivity index (χ0n) is 11.9. The van der Waals surface area contributed by atoms with Crippen LogP contribution in [0.4, 0.5) is 17.1 Å². The fourth-order valence-corrected chi connectivity index (χ4v) is 3.14. The topological polar surface area (TPSA) is 58.4 Å². The van der Waals surface area contributed by atoms with E-state index < -0.39 is 0 Å². The van der Waals surface area contributed by atoms with Gasteiger partial charge in [-0.2, -0.15) is 0 Å². The molecule has 1 N–H and O–H groups in total. The fraction of sp³-hybridized carbons (Fsp3) is 0.333. The number of nitro benzene ring substituents is 1. The second kappa shape index (κ2) is 4.37. The van der Waals surface area contributed by atoms with Crippen molar-refractivity contribution in [1.29, 1.82) is 0 Å². The third-order valence-electron chi connectivity index (χ3n) is 4.00. The molecule has 5 heteroatoms. The number of nitrogens with zero attached hydrogens (tertiary/aromatic N) is 2. The van der Waals surface area contributed by atoms with Crippen LogP contribution in [-0.2, 0) is 12.8 Å². The Labute approximate surface area is 117 Å². The summed E-state index contributed by atoms with van der Waals surface area (Å²) < 4.78 is 0. The molecule has 0 aromatic heterocycles. The van der Waals surface area contributed by atoms with Crippen LogP contribution >= 0.6 is 0 Å². The highest BCUT2D eigenvalue weighted by Crippen LogP contribution is 2.44. The van der Waals surface area contributed by atoms with Crippen molar-refractivity contribution < 1.29 is 4.92 Å². The molecule has 2 aromatic carbocycles. The molecular weight excluding hydrogens is 254 g/mol. The van der Waals surface area contributed by atoms with E-state index in [1.54, 1.807) is 13.1 Å². The summed E-state index contributed by atoms with van der Waals surface area (Å²) in [6.45, 7) is 0. The lowest BCUT2D eigenvalue weighted by Crippen LogP contribution is -2.10. The quantitative estimate of drug-likeness (QED) is 0.688. The molecular formula is C15H17N3O2. The predicted octanol–water partition coefficient (Wildman–Crippen LogP) is 2.95. The fourth-order valence-electron chi connectivity index (χ4n) is 3.14. The van der Waals surface area contributed by atoms with Crippen molar-refractivity contribution in [3.63, 3.8) is 0 Å². The first-order chi connectivity index (χ1) is 9.54. The van der Waals surface area contributed by atoms with Crippen LogP contribution in [0.1, 0.15) is 11.1 Å². The van der Waals surface area contributed by atoms with Gasteiger partial charge in [-0.15, -0.1) is 0 Å². The Balaban J connectivity index is 2.51. The molecule has 0 bridgehead atoms. The van der Waals surface area contributed by atoms with Crippen molar-refractivity contribution in [2.75, 3.05) is 31.4 Å². The van der Waals surface area contributed by atoms with Crippen molar-refractivity contribution in [1.82, 2.24) is 0 Å². The molecule has 0 saturated carbocycles. The predicted molar refractivity (Wildman–Crippen MR) is 81.9 cm³/mol. The van der Waals surface area contributed by atoms with Gasteiger partial charge in [0.25, 0.3) is 5.69 Å². The summed E-state index contributed by atoms with van der Waals surface area (Å²) in [5.41, 5.74) is 4.16. The Hall–Kier alpha value is -2.30. The van der Waals surface area contributed by atoms with E-state index in [1.165, 1.54) is 10.9 Å². The zero-order chi connectivity index (χ0) is 14.4. The maximum Gasteiger partial charge on any atom is 0.293 e. The number of hydrogen-bond donors (Lipinski definition) is 1. The van der Waals surface area contributed by atoms with Gasteiger partial charge in [-0.3, -0.25) is 10.1 Å². The van der Waals surface area contributed by atoms with Gasteiger partial charge in [-0.25, -0.2) is 0 Å². The second-order valence-corrected chi connectivity index (χ2v) is 5.33. The minimum absolute atomic E-state index is 0.164. The lowest BCUT2D eigenvalue weighted by atomic mass is 9.99. The second-order valence-electron chi connectivity index (χ2n) is 5.33. The molecule has 5 nitrogen and oxygen atoms in total. The van der Waals surface area contributed by atoms with Gasteiger partial charge in [0.1, 0.15) is 5.69 Å². The number of nitrogens with one attached hydrogen (secondary N) is 1. The molecule has 0 amide bonds. The molecule has 1 aliphatic carbocycles. The van der Waals surface area contributed by atoms with Crippen LogP contribution in [-0.4, -0.2) is 26.1 Å². The Morgan fingerprint density at radius 3 is 2.50 bits per heavy atom. The molecule has 0 saturated heterocycles. The van der Waals surface area contributed by atoms with E-state index in [-0.39, 0.29) is 10.6 Å². The summed E-state index contributed by atoms with van der Waals surface area (Å²) in [6.07, 6.45) is 1.84. The Kier molecular flexibility index (Phi) is 2.78. The molecule has 0 radical (unpaired) electrons. The summed E-state index contributed by atoms with van der Waals surface area (Å²) in [4.78, 5) is 13.0. The van der Waals surface area contributed by atoms with Crippen LogP contribution in [0.3, 0.4) is 0 Å². The van der Waals surface area contributed by atoms with Crippen molar-refractivity contribution in [3.8, 4) is 0 Å². The van der Waals surface area contributed by atoms with Crippen LogP contribution in [0.15, 0.2) is 18.2 Å². The molecule has 104 valence electrons. The number of anilines is 2. The number of hydrogen-bond acceptors (Lipinski definition) is 4. The van der Waals surface area contributed by atoms with Gasteiger partial charge in [-0.1, -0.05) is 6.07 Å². The Morgan fingerprint density at radius 2 is 1.90 bits per heavy atom. The van der Waals surface area contributed by atoms with E-state index in [0.717, 1.165) is 29.5 Å². The van der Waals surface area contributed by atoms with E-state index in [1.807, 2.05) is 19.0 Å². The van der Waals surface area contributed by atoms with Crippen LogP contribution in [0.25, 0.3) is 10.8 Å². The van der Waals surface area contributed by atoms with Gasteiger partial charge in [0.05, 0.1) is 4.92 Å². The van der Waals surface area contributed by atoms with Gasteiger partial charge < -0.3 is 10.2 Å². The van der Waals surface area contributed by atoms with Gasteiger partial charge in [0, 0.05) is 38.3 Å². The van der Waals surface area contributed by atoms with E-state index in [9.17, 15) is 10.1 Å². The minimum Gasteiger partial charge on any atom is -0.382 e. The summed E-state index contributed by atoms with van der Waals surface area (Å²) in [5.74, 6) is 0. The first-order valence-corrected chi connectivity index (χ1v) is 6.65. The molecule has 0 aliphatic heterocycles. The number of benzene rings is 2. The van der Waals surface area contributed by atoms with Crippen LogP contribution in [0.2, 0.25) is 0 Å². The summed E-state index contributed by atoms with van der Waals surface area (Å²) in [6, 6.07) is 5.92. The first kappa shape index (κ1) is 12.7. The Bertz CT molecular complexity index is 723. The normalized spacial score (nSPS) is 12.8. The summed E-state index contributed by atoms with van der Waals surface area (Å²) in [5, 5.41) is 16.5. The molecule has 0 heterocycles. The largest absolute Gasteiger partial charge is 0.382 e. The highest BCUT2D eigenvalue weighted by atomic mass is 16.6. The van der Waals surface area contributed by atoms with Crippen molar-refractivity contribution in [2.45, 2.75) is 12.8 Å². The molecule has 0 fully saturated rings. The number of nitro groups is 1. The lowest BCUT2D eigenvalue weighted by Gasteiger charge is -2.19. The molecule has 1 aliphatic rings. The van der Waals surface area contributed by atoms with Crippen molar-refractivity contribution in [2.24, 2.45) is 0 Å². The average molecular weight is 271 g/mol. The van der Waals surface area contributed by atoms with Crippen molar-refractivity contribution >= 4 is 27.8 Å². The van der Waals surface area contributed by atoms with E-state index in [0.29, 0.717) is 5.69 Å². The third kappa shape index (κ3) is 1.62.